The largest absolute Gasteiger partial charge is 0.307 e. The highest BCUT2D eigenvalue weighted by atomic mass is 15.1. The molecule has 57 heavy (non-hydrogen) atoms. The number of benzene rings is 8. The van der Waals surface area contributed by atoms with Crippen molar-refractivity contribution in [1.82, 2.24) is 9.13 Å². The number of para-hydroxylation sites is 2. The molecule has 0 aliphatic carbocycles. The third-order valence-corrected chi connectivity index (χ3v) is 11.6. The summed E-state index contributed by atoms with van der Waals surface area (Å²) >= 11 is 0. The standard InChI is InChI=1S/C54H41N3/c1-33-21-34(2)24-42(23-33)39-17-19-46-44-13-6-8-15-49(44)56(51(46)29-39)53-27-37(5)48(41-12-10-11-38(28-41)32-55)31-54(53)57-50-16-9-7-14-45(50)47-20-18-40(30-52(47)57)43-25-35(3)22-36(4)26-43/h6-31H,1-5H3. The summed E-state index contributed by atoms with van der Waals surface area (Å²) in [6, 6.07) is 60.1. The van der Waals surface area contributed by atoms with Crippen molar-refractivity contribution in [1.29, 1.82) is 5.26 Å². The van der Waals surface area contributed by atoms with Crippen molar-refractivity contribution in [2.24, 2.45) is 0 Å². The Labute approximate surface area is 333 Å². The molecule has 0 atom stereocenters. The molecule has 0 radical (unpaired) electrons. The summed E-state index contributed by atoms with van der Waals surface area (Å²) in [7, 11) is 0. The Bertz CT molecular complexity index is 3270. The average molecular weight is 732 g/mol. The maximum atomic E-state index is 9.92. The monoisotopic (exact) mass is 731 g/mol. The fourth-order valence-corrected chi connectivity index (χ4v) is 9.21. The van der Waals surface area contributed by atoms with Crippen LogP contribution < -0.4 is 0 Å². The third kappa shape index (κ3) is 5.73. The van der Waals surface area contributed by atoms with Crippen molar-refractivity contribution < 1.29 is 0 Å². The van der Waals surface area contributed by atoms with Crippen LogP contribution in [0.3, 0.4) is 0 Å². The fourth-order valence-electron chi connectivity index (χ4n) is 9.21. The van der Waals surface area contributed by atoms with Crippen LogP contribution in [0.2, 0.25) is 0 Å². The molecule has 0 saturated heterocycles. The molecule has 8 aromatic carbocycles. The predicted octanol–water partition coefficient (Wildman–Crippen LogP) is 14.3. The maximum absolute atomic E-state index is 9.92. The molecule has 3 nitrogen and oxygen atoms in total. The zero-order valence-corrected chi connectivity index (χ0v) is 32.9. The van der Waals surface area contributed by atoms with Crippen molar-refractivity contribution in [2.45, 2.75) is 34.6 Å². The van der Waals surface area contributed by atoms with Crippen molar-refractivity contribution in [3.05, 3.63) is 191 Å². The Morgan fingerprint density at radius 1 is 0.368 bits per heavy atom. The third-order valence-electron chi connectivity index (χ3n) is 11.6. The smallest absolute Gasteiger partial charge is 0.0991 e. The van der Waals surface area contributed by atoms with Gasteiger partial charge in [-0.1, -0.05) is 131 Å². The molecule has 0 unspecified atom stereocenters. The first-order valence-corrected chi connectivity index (χ1v) is 19.6. The Morgan fingerprint density at radius 2 is 0.842 bits per heavy atom. The molecule has 0 amide bonds. The van der Waals surface area contributed by atoms with Crippen LogP contribution in [0.25, 0.3) is 88.4 Å². The highest BCUT2D eigenvalue weighted by molar-refractivity contribution is 6.12. The number of aromatic nitrogens is 2. The lowest BCUT2D eigenvalue weighted by molar-refractivity contribution is 1.09. The van der Waals surface area contributed by atoms with E-state index in [-0.39, 0.29) is 0 Å². The molecule has 0 bridgehead atoms. The lowest BCUT2D eigenvalue weighted by atomic mass is 9.97. The van der Waals surface area contributed by atoms with E-state index < -0.39 is 0 Å². The number of hydrogen-bond donors (Lipinski definition) is 0. The molecular weight excluding hydrogens is 691 g/mol. The number of hydrogen-bond acceptors (Lipinski definition) is 1. The first kappa shape index (κ1) is 34.3. The second kappa shape index (κ2) is 13.3. The molecule has 3 heteroatoms. The Balaban J connectivity index is 1.34. The van der Waals surface area contributed by atoms with Crippen LogP contribution in [-0.4, -0.2) is 9.13 Å². The molecule has 0 fully saturated rings. The van der Waals surface area contributed by atoms with Crippen LogP contribution in [0, 0.1) is 45.9 Å². The minimum absolute atomic E-state index is 0.647. The van der Waals surface area contributed by atoms with Crippen molar-refractivity contribution in [3.63, 3.8) is 0 Å². The Morgan fingerprint density at radius 3 is 1.35 bits per heavy atom. The summed E-state index contributed by atoms with van der Waals surface area (Å²) in [5.41, 5.74) is 20.5. The van der Waals surface area contributed by atoms with Gasteiger partial charge in [0.1, 0.15) is 0 Å². The fraction of sp³-hybridized carbons (Fsp3) is 0.0926. The Hall–Kier alpha value is -7.15. The van der Waals surface area contributed by atoms with Gasteiger partial charge in [-0.3, -0.25) is 0 Å². The van der Waals surface area contributed by atoms with E-state index >= 15 is 0 Å². The molecule has 0 N–H and O–H groups in total. The van der Waals surface area contributed by atoms with Gasteiger partial charge >= 0.3 is 0 Å². The highest BCUT2D eigenvalue weighted by Gasteiger charge is 2.22. The van der Waals surface area contributed by atoms with Gasteiger partial charge in [-0.05, 0) is 122 Å². The molecule has 272 valence electrons. The summed E-state index contributed by atoms with van der Waals surface area (Å²) in [5.74, 6) is 0. The van der Waals surface area contributed by atoms with E-state index in [0.717, 1.165) is 50.1 Å². The van der Waals surface area contributed by atoms with E-state index in [1.54, 1.807) is 0 Å². The van der Waals surface area contributed by atoms with Gasteiger partial charge in [0.2, 0.25) is 0 Å². The van der Waals surface area contributed by atoms with Gasteiger partial charge in [-0.15, -0.1) is 0 Å². The van der Waals surface area contributed by atoms with Gasteiger partial charge in [-0.2, -0.15) is 5.26 Å². The number of nitrogens with zero attached hydrogens (tertiary/aromatic N) is 3. The van der Waals surface area contributed by atoms with Crippen LogP contribution in [0.5, 0.6) is 0 Å². The second-order valence-electron chi connectivity index (χ2n) is 15.8. The van der Waals surface area contributed by atoms with E-state index in [1.807, 2.05) is 18.2 Å². The lowest BCUT2D eigenvalue weighted by Crippen LogP contribution is -2.05. The van der Waals surface area contributed by atoms with Gasteiger partial charge in [0, 0.05) is 21.5 Å². The predicted molar refractivity (Wildman–Crippen MR) is 240 cm³/mol. The Kier molecular flexibility index (Phi) is 7.99. The molecule has 2 heterocycles. The van der Waals surface area contributed by atoms with E-state index in [9.17, 15) is 5.26 Å². The first-order chi connectivity index (χ1) is 27.7. The molecule has 10 aromatic rings. The molecule has 10 rings (SSSR count). The van der Waals surface area contributed by atoms with Gasteiger partial charge in [0.15, 0.2) is 0 Å². The minimum Gasteiger partial charge on any atom is -0.307 e. The van der Waals surface area contributed by atoms with Crippen LogP contribution >= 0.6 is 0 Å². The molecule has 0 spiro atoms. The molecule has 0 aliphatic heterocycles. The van der Waals surface area contributed by atoms with Crippen molar-refractivity contribution in [3.8, 4) is 50.8 Å². The van der Waals surface area contributed by atoms with E-state index in [1.165, 1.54) is 66.1 Å². The summed E-state index contributed by atoms with van der Waals surface area (Å²) in [4.78, 5) is 0. The first-order valence-electron chi connectivity index (χ1n) is 19.6. The topological polar surface area (TPSA) is 33.6 Å². The summed E-state index contributed by atoms with van der Waals surface area (Å²) < 4.78 is 4.95. The van der Waals surface area contributed by atoms with Gasteiger partial charge < -0.3 is 9.13 Å². The van der Waals surface area contributed by atoms with Crippen LogP contribution in [0.15, 0.2) is 158 Å². The summed E-state index contributed by atoms with van der Waals surface area (Å²) in [5, 5.41) is 14.8. The lowest BCUT2D eigenvalue weighted by Gasteiger charge is -2.20. The molecule has 0 aliphatic rings. The van der Waals surface area contributed by atoms with Crippen LogP contribution in [0.1, 0.15) is 33.4 Å². The number of aryl methyl sites for hydroxylation is 5. The van der Waals surface area contributed by atoms with Crippen LogP contribution in [0.4, 0.5) is 0 Å². The molecule has 0 saturated carbocycles. The van der Waals surface area contributed by atoms with Gasteiger partial charge in [0.25, 0.3) is 0 Å². The average Bonchev–Trinajstić information content (AvgIpc) is 3.72. The molecule has 2 aromatic heterocycles. The van der Waals surface area contributed by atoms with E-state index in [2.05, 4.69) is 189 Å². The summed E-state index contributed by atoms with van der Waals surface area (Å²) in [6.45, 7) is 10.9. The zero-order chi connectivity index (χ0) is 38.9. The van der Waals surface area contributed by atoms with Crippen LogP contribution in [-0.2, 0) is 0 Å². The number of nitriles is 1. The summed E-state index contributed by atoms with van der Waals surface area (Å²) in [6.07, 6.45) is 0. The van der Waals surface area contributed by atoms with E-state index in [4.69, 9.17) is 0 Å². The highest BCUT2D eigenvalue weighted by Crippen LogP contribution is 2.42. The zero-order valence-electron chi connectivity index (χ0n) is 32.9. The normalized spacial score (nSPS) is 11.6. The number of rotatable bonds is 5. The minimum atomic E-state index is 0.647. The number of fused-ring (bicyclic) bond motifs is 6. The molecular formula is C54H41N3. The van der Waals surface area contributed by atoms with Gasteiger partial charge in [0.05, 0.1) is 45.1 Å². The second-order valence-corrected chi connectivity index (χ2v) is 15.8. The maximum Gasteiger partial charge on any atom is 0.0991 e. The van der Waals surface area contributed by atoms with E-state index in [0.29, 0.717) is 5.56 Å². The van der Waals surface area contributed by atoms with Crippen molar-refractivity contribution >= 4 is 43.6 Å². The SMILES string of the molecule is Cc1cc(C)cc(-c2ccc3c4ccccc4n(-c4cc(C)c(-c5cccc(C#N)c5)cc4-n4c5ccccc5c5ccc(-c6cc(C)cc(C)c6)cc54)c3c2)c1. The quantitative estimate of drug-likeness (QED) is 0.173. The van der Waals surface area contributed by atoms with Crippen molar-refractivity contribution in [2.75, 3.05) is 0 Å². The van der Waals surface area contributed by atoms with Gasteiger partial charge in [-0.25, -0.2) is 0 Å².